The number of alkyl halides is 3. The van der Waals surface area contributed by atoms with Crippen LogP contribution in [0.1, 0.15) is 50.2 Å². The number of nitrogens with one attached hydrogen (secondary N) is 2. The predicted octanol–water partition coefficient (Wildman–Crippen LogP) is 6.77. The number of aromatic nitrogens is 1. The van der Waals surface area contributed by atoms with Crippen molar-refractivity contribution < 1.29 is 27.4 Å². The van der Waals surface area contributed by atoms with Crippen LogP contribution in [0, 0.1) is 6.92 Å². The molecule has 0 bridgehead atoms. The van der Waals surface area contributed by atoms with E-state index in [2.05, 4.69) is 21.7 Å². The second kappa shape index (κ2) is 8.65. The topological polar surface area (TPSA) is 72.5 Å². The van der Waals surface area contributed by atoms with Gasteiger partial charge in [0.15, 0.2) is 11.5 Å². The number of hydrogen-bond acceptors (Lipinski definition) is 6. The summed E-state index contributed by atoms with van der Waals surface area (Å²) in [7, 11) is 1.56. The monoisotopic (exact) mass is 525 g/mol. The molecule has 4 aromatic rings. The normalized spacial score (nSPS) is 16.7. The fourth-order valence-corrected chi connectivity index (χ4v) is 6.08. The summed E-state index contributed by atoms with van der Waals surface area (Å²) in [4.78, 5) is 17.2. The third-order valence-electron chi connectivity index (χ3n) is 6.74. The second-order valence-electron chi connectivity index (χ2n) is 9.16. The van der Waals surface area contributed by atoms with Gasteiger partial charge in [0.1, 0.15) is 27.3 Å². The molecule has 2 aromatic carbocycles. The lowest BCUT2D eigenvalue weighted by Crippen LogP contribution is -2.37. The van der Waals surface area contributed by atoms with Crippen LogP contribution in [-0.2, 0) is 19.0 Å². The number of thiophene rings is 1. The number of rotatable bonds is 4. The summed E-state index contributed by atoms with van der Waals surface area (Å²) in [5.41, 5.74) is 3.22. The molecule has 6 rings (SSSR count). The fraction of sp³-hybridized carbons (Fsp3) is 0.259. The molecule has 2 aromatic heterocycles. The van der Waals surface area contributed by atoms with Gasteiger partial charge in [0.2, 0.25) is 0 Å². The fourth-order valence-electron chi connectivity index (χ4n) is 4.96. The van der Waals surface area contributed by atoms with Gasteiger partial charge in [0, 0.05) is 5.39 Å². The van der Waals surface area contributed by atoms with E-state index in [0.717, 1.165) is 36.7 Å². The SMILES string of the molecule is COc1ccc(C2NC(=O)c3sc4nc(C(F)(F)F)cc(C)c4c3N2)cc1Oc1ccc2c(c1)CCC2. The number of halogens is 3. The number of methoxy groups -OCH3 is 1. The lowest BCUT2D eigenvalue weighted by molar-refractivity contribution is -0.141. The Kier molecular flexibility index (Phi) is 5.52. The number of carbonyl (C=O) groups is 1. The van der Waals surface area contributed by atoms with Crippen LogP contribution in [0.5, 0.6) is 17.2 Å². The molecule has 1 aliphatic heterocycles. The average molecular weight is 526 g/mol. The number of ether oxygens (including phenoxy) is 2. The Morgan fingerprint density at radius 1 is 1.03 bits per heavy atom. The Labute approximate surface area is 214 Å². The molecule has 1 unspecified atom stereocenters. The highest BCUT2D eigenvalue weighted by molar-refractivity contribution is 7.21. The summed E-state index contributed by atoms with van der Waals surface area (Å²) < 4.78 is 51.5. The van der Waals surface area contributed by atoms with Gasteiger partial charge in [-0.3, -0.25) is 4.79 Å². The highest BCUT2D eigenvalue weighted by Crippen LogP contribution is 2.43. The van der Waals surface area contributed by atoms with Crippen molar-refractivity contribution in [3.05, 3.63) is 75.3 Å². The maximum Gasteiger partial charge on any atom is 0.433 e. The summed E-state index contributed by atoms with van der Waals surface area (Å²) in [6.07, 6.45) is -1.96. The van der Waals surface area contributed by atoms with Gasteiger partial charge in [-0.2, -0.15) is 13.2 Å². The molecule has 190 valence electrons. The van der Waals surface area contributed by atoms with Crippen molar-refractivity contribution in [2.24, 2.45) is 0 Å². The number of aryl methyl sites for hydroxylation is 3. The zero-order valence-electron chi connectivity index (χ0n) is 20.0. The van der Waals surface area contributed by atoms with Crippen LogP contribution >= 0.6 is 11.3 Å². The summed E-state index contributed by atoms with van der Waals surface area (Å²) in [5, 5.41) is 6.69. The van der Waals surface area contributed by atoms with E-state index in [4.69, 9.17) is 9.47 Å². The Balaban J connectivity index is 1.35. The minimum absolute atomic E-state index is 0.163. The molecular formula is C27H22F3N3O3S. The number of benzene rings is 2. The third-order valence-corrected chi connectivity index (χ3v) is 7.82. The van der Waals surface area contributed by atoms with Crippen LogP contribution < -0.4 is 20.1 Å². The van der Waals surface area contributed by atoms with Crippen LogP contribution in [0.2, 0.25) is 0 Å². The third kappa shape index (κ3) is 4.15. The van der Waals surface area contributed by atoms with E-state index >= 15 is 0 Å². The molecule has 0 fully saturated rings. The van der Waals surface area contributed by atoms with Gasteiger partial charge >= 0.3 is 6.18 Å². The first kappa shape index (κ1) is 23.6. The van der Waals surface area contributed by atoms with Gasteiger partial charge in [-0.25, -0.2) is 4.98 Å². The standard InChI is InChI=1S/C27H22F3N3O3S/c1-13-10-20(27(28,29)30)31-26-21(13)22-23(37-26)25(34)33-24(32-22)16-7-9-18(35-2)19(12-16)36-17-8-6-14-4-3-5-15(14)11-17/h6-12,24,32H,3-5H2,1-2H3,(H,33,34). The Bertz CT molecular complexity index is 1560. The smallest absolute Gasteiger partial charge is 0.433 e. The van der Waals surface area contributed by atoms with E-state index in [0.29, 0.717) is 44.3 Å². The Morgan fingerprint density at radius 3 is 2.62 bits per heavy atom. The quantitative estimate of drug-likeness (QED) is 0.308. The van der Waals surface area contributed by atoms with Gasteiger partial charge < -0.3 is 20.1 Å². The van der Waals surface area contributed by atoms with Gasteiger partial charge in [-0.15, -0.1) is 11.3 Å². The molecular weight excluding hydrogens is 503 g/mol. The van der Waals surface area contributed by atoms with Gasteiger partial charge in [-0.1, -0.05) is 12.1 Å². The summed E-state index contributed by atoms with van der Waals surface area (Å²) in [6.45, 7) is 1.59. The van der Waals surface area contributed by atoms with Crippen LogP contribution in [0.15, 0.2) is 42.5 Å². The van der Waals surface area contributed by atoms with Crippen molar-refractivity contribution in [2.75, 3.05) is 12.4 Å². The van der Waals surface area contributed by atoms with E-state index in [9.17, 15) is 18.0 Å². The Morgan fingerprint density at radius 2 is 1.84 bits per heavy atom. The van der Waals surface area contributed by atoms with Gasteiger partial charge in [0.05, 0.1) is 12.8 Å². The Hall–Kier alpha value is -3.79. The molecule has 37 heavy (non-hydrogen) atoms. The molecule has 0 saturated heterocycles. The molecule has 0 radical (unpaired) electrons. The predicted molar refractivity (Wildman–Crippen MR) is 135 cm³/mol. The number of nitrogens with zero attached hydrogens (tertiary/aromatic N) is 1. The summed E-state index contributed by atoms with van der Waals surface area (Å²) in [5.74, 6) is 1.34. The first-order chi connectivity index (χ1) is 17.7. The van der Waals surface area contributed by atoms with E-state index in [-0.39, 0.29) is 10.7 Å². The van der Waals surface area contributed by atoms with E-state index in [1.807, 2.05) is 12.1 Å². The van der Waals surface area contributed by atoms with Crippen molar-refractivity contribution >= 4 is 33.1 Å². The average Bonchev–Trinajstić information content (AvgIpc) is 3.48. The maximum absolute atomic E-state index is 13.3. The van der Waals surface area contributed by atoms with Crippen molar-refractivity contribution in [1.29, 1.82) is 0 Å². The highest BCUT2D eigenvalue weighted by atomic mass is 32.1. The lowest BCUT2D eigenvalue weighted by Gasteiger charge is -2.27. The van der Waals surface area contributed by atoms with E-state index in [1.54, 1.807) is 32.2 Å². The molecule has 0 saturated carbocycles. The summed E-state index contributed by atoms with van der Waals surface area (Å²) in [6, 6.07) is 12.4. The minimum Gasteiger partial charge on any atom is -0.493 e. The lowest BCUT2D eigenvalue weighted by atomic mass is 10.1. The molecule has 0 spiro atoms. The minimum atomic E-state index is -4.57. The van der Waals surface area contributed by atoms with Crippen molar-refractivity contribution in [1.82, 2.24) is 10.3 Å². The number of fused-ring (bicyclic) bond motifs is 4. The molecule has 3 heterocycles. The molecule has 1 aliphatic carbocycles. The largest absolute Gasteiger partial charge is 0.493 e. The second-order valence-corrected chi connectivity index (χ2v) is 10.2. The van der Waals surface area contributed by atoms with Crippen LogP contribution in [0.25, 0.3) is 10.2 Å². The van der Waals surface area contributed by atoms with Crippen LogP contribution in [-0.4, -0.2) is 18.0 Å². The number of pyridine rings is 1. The van der Waals surface area contributed by atoms with Crippen molar-refractivity contribution in [3.8, 4) is 17.2 Å². The van der Waals surface area contributed by atoms with Gasteiger partial charge in [-0.05, 0) is 78.8 Å². The molecule has 2 N–H and O–H groups in total. The van der Waals surface area contributed by atoms with Crippen molar-refractivity contribution in [3.63, 3.8) is 0 Å². The van der Waals surface area contributed by atoms with Crippen LogP contribution in [0.4, 0.5) is 18.9 Å². The van der Waals surface area contributed by atoms with Gasteiger partial charge in [0.25, 0.3) is 5.91 Å². The maximum atomic E-state index is 13.3. The number of carbonyl (C=O) groups excluding carboxylic acids is 1. The molecule has 10 heteroatoms. The van der Waals surface area contributed by atoms with Crippen LogP contribution in [0.3, 0.4) is 0 Å². The van der Waals surface area contributed by atoms with E-state index < -0.39 is 18.0 Å². The number of amides is 1. The van der Waals surface area contributed by atoms with E-state index in [1.165, 1.54) is 11.1 Å². The molecule has 1 atom stereocenters. The zero-order valence-corrected chi connectivity index (χ0v) is 20.8. The number of hydrogen-bond donors (Lipinski definition) is 2. The molecule has 1 amide bonds. The van der Waals surface area contributed by atoms with Crippen molar-refractivity contribution in [2.45, 2.75) is 38.5 Å². The first-order valence-corrected chi connectivity index (χ1v) is 12.6. The summed E-state index contributed by atoms with van der Waals surface area (Å²) >= 11 is 0.940. The first-order valence-electron chi connectivity index (χ1n) is 11.8. The highest BCUT2D eigenvalue weighted by Gasteiger charge is 2.36. The molecule has 6 nitrogen and oxygen atoms in total. The zero-order chi connectivity index (χ0) is 25.9. The molecule has 2 aliphatic rings. The number of anilines is 1.